The summed E-state index contributed by atoms with van der Waals surface area (Å²) in [5.41, 5.74) is 7.54. The van der Waals surface area contributed by atoms with E-state index >= 15 is 0 Å². The van der Waals surface area contributed by atoms with E-state index in [-0.39, 0.29) is 6.04 Å². The molecule has 1 aromatic carbocycles. The Morgan fingerprint density at radius 2 is 1.72 bits per heavy atom. The maximum Gasteiger partial charge on any atom is 0.161 e. The predicted octanol–water partition coefficient (Wildman–Crippen LogP) is 3.28. The molecule has 2 N–H and O–H groups in total. The van der Waals surface area contributed by atoms with Gasteiger partial charge >= 0.3 is 0 Å². The van der Waals surface area contributed by atoms with Gasteiger partial charge < -0.3 is 15.2 Å². The smallest absolute Gasteiger partial charge is 0.161 e. The molecule has 1 aromatic rings. The first-order valence-corrected chi connectivity index (χ1v) is 6.73. The highest BCUT2D eigenvalue weighted by Crippen LogP contribution is 2.36. The third-order valence-corrected chi connectivity index (χ3v) is 3.95. The van der Waals surface area contributed by atoms with Gasteiger partial charge in [0.2, 0.25) is 0 Å². The van der Waals surface area contributed by atoms with Gasteiger partial charge in [-0.3, -0.25) is 0 Å². The molecule has 0 saturated heterocycles. The number of hydrogen-bond acceptors (Lipinski definition) is 3. The number of rotatable bonds is 4. The molecule has 3 nitrogen and oxygen atoms in total. The highest BCUT2D eigenvalue weighted by atomic mass is 16.5. The molecule has 0 aromatic heterocycles. The Hall–Kier alpha value is -1.22. The average Bonchev–Trinajstić information content (AvgIpc) is 2.46. The SMILES string of the molecule is COc1ccc([C@@H](N)C2CCCCC2)cc1OC. The van der Waals surface area contributed by atoms with E-state index in [0.29, 0.717) is 5.92 Å². The molecule has 100 valence electrons. The molecule has 1 aliphatic carbocycles. The molecular weight excluding hydrogens is 226 g/mol. The number of methoxy groups -OCH3 is 2. The lowest BCUT2D eigenvalue weighted by atomic mass is 9.81. The van der Waals surface area contributed by atoms with Crippen LogP contribution in [0.2, 0.25) is 0 Å². The fourth-order valence-electron chi connectivity index (χ4n) is 2.83. The Kier molecular flexibility index (Phi) is 4.48. The van der Waals surface area contributed by atoms with E-state index in [2.05, 4.69) is 6.07 Å². The van der Waals surface area contributed by atoms with Crippen molar-refractivity contribution in [3.8, 4) is 11.5 Å². The largest absolute Gasteiger partial charge is 0.493 e. The molecule has 18 heavy (non-hydrogen) atoms. The summed E-state index contributed by atoms with van der Waals surface area (Å²) in [4.78, 5) is 0. The van der Waals surface area contributed by atoms with Gasteiger partial charge in [0.15, 0.2) is 11.5 Å². The lowest BCUT2D eigenvalue weighted by Crippen LogP contribution is -2.23. The van der Waals surface area contributed by atoms with Gasteiger partial charge in [0.05, 0.1) is 14.2 Å². The summed E-state index contributed by atoms with van der Waals surface area (Å²) in [6.45, 7) is 0. The van der Waals surface area contributed by atoms with Crippen LogP contribution in [0, 0.1) is 5.92 Å². The Morgan fingerprint density at radius 3 is 2.33 bits per heavy atom. The first kappa shape index (κ1) is 13.2. The summed E-state index contributed by atoms with van der Waals surface area (Å²) in [5, 5.41) is 0. The molecule has 0 unspecified atom stereocenters. The Morgan fingerprint density at radius 1 is 1.06 bits per heavy atom. The van der Waals surface area contributed by atoms with Crippen LogP contribution < -0.4 is 15.2 Å². The third kappa shape index (κ3) is 2.78. The van der Waals surface area contributed by atoms with E-state index in [1.165, 1.54) is 32.1 Å². The lowest BCUT2D eigenvalue weighted by Gasteiger charge is -2.28. The second kappa shape index (κ2) is 6.10. The maximum absolute atomic E-state index is 6.39. The molecule has 3 heteroatoms. The van der Waals surface area contributed by atoms with Crippen molar-refractivity contribution in [3.63, 3.8) is 0 Å². The van der Waals surface area contributed by atoms with Gasteiger partial charge in [-0.25, -0.2) is 0 Å². The monoisotopic (exact) mass is 249 g/mol. The van der Waals surface area contributed by atoms with E-state index in [1.807, 2.05) is 12.1 Å². The van der Waals surface area contributed by atoms with Gasteiger partial charge in [-0.1, -0.05) is 25.3 Å². The van der Waals surface area contributed by atoms with Gasteiger partial charge in [-0.2, -0.15) is 0 Å². The molecule has 0 heterocycles. The molecule has 2 rings (SSSR count). The fourth-order valence-corrected chi connectivity index (χ4v) is 2.83. The van der Waals surface area contributed by atoms with E-state index in [9.17, 15) is 0 Å². The minimum Gasteiger partial charge on any atom is -0.493 e. The first-order valence-electron chi connectivity index (χ1n) is 6.73. The van der Waals surface area contributed by atoms with E-state index in [4.69, 9.17) is 15.2 Å². The van der Waals surface area contributed by atoms with Crippen LogP contribution in [-0.2, 0) is 0 Å². The highest BCUT2D eigenvalue weighted by Gasteiger charge is 2.22. The van der Waals surface area contributed by atoms with E-state index in [0.717, 1.165) is 17.1 Å². The molecule has 1 atom stereocenters. The van der Waals surface area contributed by atoms with Crippen LogP contribution in [0.15, 0.2) is 18.2 Å². The van der Waals surface area contributed by atoms with Crippen molar-refractivity contribution in [3.05, 3.63) is 23.8 Å². The number of nitrogens with two attached hydrogens (primary N) is 1. The zero-order valence-corrected chi connectivity index (χ0v) is 11.3. The second-order valence-electron chi connectivity index (χ2n) is 5.04. The average molecular weight is 249 g/mol. The molecule has 0 amide bonds. The standard InChI is InChI=1S/C15H23NO2/c1-17-13-9-8-12(10-14(13)18-2)15(16)11-6-4-3-5-7-11/h8-11,15H,3-7,16H2,1-2H3/t15-/m0/s1. The number of ether oxygens (including phenoxy) is 2. The molecular formula is C15H23NO2. The van der Waals surface area contributed by atoms with Crippen molar-refractivity contribution in [2.24, 2.45) is 11.7 Å². The van der Waals surface area contributed by atoms with Crippen LogP contribution in [0.4, 0.5) is 0 Å². The van der Waals surface area contributed by atoms with Crippen molar-refractivity contribution < 1.29 is 9.47 Å². The van der Waals surface area contributed by atoms with Crippen molar-refractivity contribution >= 4 is 0 Å². The van der Waals surface area contributed by atoms with Crippen LogP contribution in [0.1, 0.15) is 43.7 Å². The summed E-state index contributed by atoms with van der Waals surface area (Å²) >= 11 is 0. The predicted molar refractivity (Wildman–Crippen MR) is 73.0 cm³/mol. The van der Waals surface area contributed by atoms with Crippen LogP contribution >= 0.6 is 0 Å². The lowest BCUT2D eigenvalue weighted by molar-refractivity contribution is 0.306. The number of benzene rings is 1. The first-order chi connectivity index (χ1) is 8.76. The second-order valence-corrected chi connectivity index (χ2v) is 5.04. The van der Waals surface area contributed by atoms with Crippen LogP contribution in [0.25, 0.3) is 0 Å². The summed E-state index contributed by atoms with van der Waals surface area (Å²) in [6, 6.07) is 6.13. The molecule has 0 aliphatic heterocycles. The van der Waals surface area contributed by atoms with Gasteiger partial charge in [-0.05, 0) is 36.5 Å². The summed E-state index contributed by atoms with van der Waals surface area (Å²) in [6.07, 6.45) is 6.47. The van der Waals surface area contributed by atoms with Gasteiger partial charge in [0, 0.05) is 6.04 Å². The van der Waals surface area contributed by atoms with Crippen LogP contribution in [0.3, 0.4) is 0 Å². The van der Waals surface area contributed by atoms with Gasteiger partial charge in [0.1, 0.15) is 0 Å². The Bertz CT molecular complexity index is 386. The zero-order chi connectivity index (χ0) is 13.0. The Balaban J connectivity index is 2.16. The number of hydrogen-bond donors (Lipinski definition) is 1. The molecule has 1 aliphatic rings. The zero-order valence-electron chi connectivity index (χ0n) is 11.3. The minimum absolute atomic E-state index is 0.116. The van der Waals surface area contributed by atoms with E-state index < -0.39 is 0 Å². The topological polar surface area (TPSA) is 44.5 Å². The molecule has 0 spiro atoms. The van der Waals surface area contributed by atoms with Crippen molar-refractivity contribution in [2.45, 2.75) is 38.1 Å². The summed E-state index contributed by atoms with van der Waals surface area (Å²) in [5.74, 6) is 2.13. The van der Waals surface area contributed by atoms with Gasteiger partial charge in [-0.15, -0.1) is 0 Å². The van der Waals surface area contributed by atoms with Crippen molar-refractivity contribution in [2.75, 3.05) is 14.2 Å². The summed E-state index contributed by atoms with van der Waals surface area (Å²) in [7, 11) is 3.31. The molecule has 1 saturated carbocycles. The maximum atomic E-state index is 6.39. The normalized spacial score (nSPS) is 18.4. The van der Waals surface area contributed by atoms with Crippen molar-refractivity contribution in [1.82, 2.24) is 0 Å². The van der Waals surface area contributed by atoms with Crippen molar-refractivity contribution in [1.29, 1.82) is 0 Å². The van der Waals surface area contributed by atoms with Gasteiger partial charge in [0.25, 0.3) is 0 Å². The summed E-state index contributed by atoms with van der Waals surface area (Å²) < 4.78 is 10.6. The Labute approximate surface area is 109 Å². The van der Waals surface area contributed by atoms with E-state index in [1.54, 1.807) is 14.2 Å². The third-order valence-electron chi connectivity index (χ3n) is 3.95. The minimum atomic E-state index is 0.116. The highest BCUT2D eigenvalue weighted by molar-refractivity contribution is 5.43. The molecule has 0 radical (unpaired) electrons. The van der Waals surface area contributed by atoms with Crippen LogP contribution in [-0.4, -0.2) is 14.2 Å². The molecule has 1 fully saturated rings. The quantitative estimate of drug-likeness (QED) is 0.890. The molecule has 0 bridgehead atoms. The van der Waals surface area contributed by atoms with Crippen LogP contribution in [0.5, 0.6) is 11.5 Å². The fraction of sp³-hybridized carbons (Fsp3) is 0.600.